The Labute approximate surface area is 95.9 Å². The lowest BCUT2D eigenvalue weighted by atomic mass is 10.1. The predicted octanol–water partition coefficient (Wildman–Crippen LogP) is 1.19. The van der Waals surface area contributed by atoms with E-state index in [1.165, 1.54) is 0 Å². The SMILES string of the molecule is CC1OCCC1N(C)c1cnccc1CO. The van der Waals surface area contributed by atoms with Crippen LogP contribution < -0.4 is 4.90 Å². The van der Waals surface area contributed by atoms with E-state index in [2.05, 4.69) is 16.8 Å². The summed E-state index contributed by atoms with van der Waals surface area (Å²) >= 11 is 0. The van der Waals surface area contributed by atoms with E-state index < -0.39 is 0 Å². The summed E-state index contributed by atoms with van der Waals surface area (Å²) in [5.41, 5.74) is 1.91. The fourth-order valence-corrected chi connectivity index (χ4v) is 2.27. The van der Waals surface area contributed by atoms with E-state index >= 15 is 0 Å². The molecule has 1 saturated heterocycles. The molecule has 1 aliphatic heterocycles. The van der Waals surface area contributed by atoms with Crippen molar-refractivity contribution < 1.29 is 9.84 Å². The van der Waals surface area contributed by atoms with Gasteiger partial charge in [0, 0.05) is 25.4 Å². The molecular weight excluding hydrogens is 204 g/mol. The topological polar surface area (TPSA) is 45.6 Å². The largest absolute Gasteiger partial charge is 0.392 e. The van der Waals surface area contributed by atoms with Crippen molar-refractivity contribution in [3.8, 4) is 0 Å². The van der Waals surface area contributed by atoms with Crippen molar-refractivity contribution >= 4 is 5.69 Å². The zero-order valence-electron chi connectivity index (χ0n) is 9.76. The molecule has 1 aromatic heterocycles. The summed E-state index contributed by atoms with van der Waals surface area (Å²) in [4.78, 5) is 6.28. The quantitative estimate of drug-likeness (QED) is 0.834. The first kappa shape index (κ1) is 11.4. The molecule has 2 rings (SSSR count). The first-order valence-electron chi connectivity index (χ1n) is 5.62. The van der Waals surface area contributed by atoms with Crippen molar-refractivity contribution in [2.24, 2.45) is 0 Å². The van der Waals surface area contributed by atoms with Gasteiger partial charge in [0.05, 0.1) is 30.6 Å². The number of hydrogen-bond acceptors (Lipinski definition) is 4. The van der Waals surface area contributed by atoms with Crippen LogP contribution in [0, 0.1) is 0 Å². The lowest BCUT2D eigenvalue weighted by Gasteiger charge is -2.29. The van der Waals surface area contributed by atoms with Crippen molar-refractivity contribution in [3.05, 3.63) is 24.0 Å². The summed E-state index contributed by atoms with van der Waals surface area (Å²) in [5.74, 6) is 0. The first-order valence-corrected chi connectivity index (χ1v) is 5.62. The maximum Gasteiger partial charge on any atom is 0.0750 e. The zero-order chi connectivity index (χ0) is 11.5. The highest BCUT2D eigenvalue weighted by Crippen LogP contribution is 2.26. The second-order valence-corrected chi connectivity index (χ2v) is 4.21. The summed E-state index contributed by atoms with van der Waals surface area (Å²) in [7, 11) is 2.03. The van der Waals surface area contributed by atoms with E-state index in [-0.39, 0.29) is 12.7 Å². The molecule has 4 nitrogen and oxygen atoms in total. The molecule has 0 aliphatic carbocycles. The Morgan fingerprint density at radius 2 is 2.44 bits per heavy atom. The third-order valence-electron chi connectivity index (χ3n) is 3.27. The lowest BCUT2D eigenvalue weighted by molar-refractivity contribution is 0.118. The predicted molar refractivity (Wildman–Crippen MR) is 62.4 cm³/mol. The van der Waals surface area contributed by atoms with Gasteiger partial charge in [-0.25, -0.2) is 0 Å². The molecule has 0 aromatic carbocycles. The molecule has 1 aromatic rings. The van der Waals surface area contributed by atoms with Crippen LogP contribution in [0.4, 0.5) is 5.69 Å². The molecule has 0 radical (unpaired) electrons. The number of aliphatic hydroxyl groups excluding tert-OH is 1. The highest BCUT2D eigenvalue weighted by Gasteiger charge is 2.28. The van der Waals surface area contributed by atoms with E-state index in [9.17, 15) is 5.11 Å². The Balaban J connectivity index is 2.22. The molecule has 16 heavy (non-hydrogen) atoms. The molecule has 0 amide bonds. The first-order chi connectivity index (χ1) is 7.74. The summed E-state index contributed by atoms with van der Waals surface area (Å²) < 4.78 is 5.56. The monoisotopic (exact) mass is 222 g/mol. The molecule has 1 aliphatic rings. The molecule has 0 bridgehead atoms. The van der Waals surface area contributed by atoms with Crippen LogP contribution in [0.15, 0.2) is 18.5 Å². The van der Waals surface area contributed by atoms with Crippen LogP contribution >= 0.6 is 0 Å². The Morgan fingerprint density at radius 1 is 1.62 bits per heavy atom. The van der Waals surface area contributed by atoms with Crippen LogP contribution in [0.5, 0.6) is 0 Å². The number of hydrogen-bond donors (Lipinski definition) is 1. The van der Waals surface area contributed by atoms with E-state index in [4.69, 9.17) is 4.74 Å². The number of aromatic nitrogens is 1. The van der Waals surface area contributed by atoms with Gasteiger partial charge in [-0.05, 0) is 19.4 Å². The highest BCUT2D eigenvalue weighted by atomic mass is 16.5. The Bertz CT molecular complexity index is 357. The average molecular weight is 222 g/mol. The molecule has 0 saturated carbocycles. The van der Waals surface area contributed by atoms with Gasteiger partial charge < -0.3 is 14.7 Å². The van der Waals surface area contributed by atoms with Crippen LogP contribution in [0.1, 0.15) is 18.9 Å². The zero-order valence-corrected chi connectivity index (χ0v) is 9.76. The molecular formula is C12H18N2O2. The summed E-state index contributed by atoms with van der Waals surface area (Å²) in [6.07, 6.45) is 4.77. The van der Waals surface area contributed by atoms with Crippen molar-refractivity contribution in [2.75, 3.05) is 18.6 Å². The van der Waals surface area contributed by atoms with Gasteiger partial charge in [-0.1, -0.05) is 0 Å². The van der Waals surface area contributed by atoms with E-state index in [0.29, 0.717) is 6.04 Å². The number of aliphatic hydroxyl groups is 1. The Kier molecular flexibility index (Phi) is 3.41. The van der Waals surface area contributed by atoms with E-state index in [1.807, 2.05) is 13.1 Å². The minimum Gasteiger partial charge on any atom is -0.392 e. The fourth-order valence-electron chi connectivity index (χ4n) is 2.27. The number of anilines is 1. The van der Waals surface area contributed by atoms with Crippen molar-refractivity contribution in [3.63, 3.8) is 0 Å². The minimum atomic E-state index is 0.0458. The second kappa shape index (κ2) is 4.80. The molecule has 2 unspecified atom stereocenters. The van der Waals surface area contributed by atoms with Crippen molar-refractivity contribution in [1.82, 2.24) is 4.98 Å². The molecule has 0 spiro atoms. The van der Waals surface area contributed by atoms with Crippen LogP contribution in [-0.2, 0) is 11.3 Å². The number of likely N-dealkylation sites (N-methyl/N-ethyl adjacent to an activating group) is 1. The number of rotatable bonds is 3. The van der Waals surface area contributed by atoms with Gasteiger partial charge in [0.15, 0.2) is 0 Å². The number of pyridine rings is 1. The van der Waals surface area contributed by atoms with Gasteiger partial charge in [0.2, 0.25) is 0 Å². The van der Waals surface area contributed by atoms with Crippen molar-refractivity contribution in [2.45, 2.75) is 32.1 Å². The van der Waals surface area contributed by atoms with Crippen LogP contribution in [-0.4, -0.2) is 35.9 Å². The smallest absolute Gasteiger partial charge is 0.0750 e. The molecule has 1 N–H and O–H groups in total. The Morgan fingerprint density at radius 3 is 3.06 bits per heavy atom. The van der Waals surface area contributed by atoms with Crippen LogP contribution in [0.3, 0.4) is 0 Å². The third kappa shape index (κ3) is 2.03. The summed E-state index contributed by atoms with van der Waals surface area (Å²) in [5, 5.41) is 9.29. The van der Waals surface area contributed by atoms with Gasteiger partial charge >= 0.3 is 0 Å². The van der Waals surface area contributed by atoms with E-state index in [1.54, 1.807) is 12.4 Å². The fraction of sp³-hybridized carbons (Fsp3) is 0.583. The van der Waals surface area contributed by atoms with Gasteiger partial charge in [-0.3, -0.25) is 4.98 Å². The van der Waals surface area contributed by atoms with Crippen LogP contribution in [0.25, 0.3) is 0 Å². The molecule has 88 valence electrons. The average Bonchev–Trinajstić information content (AvgIpc) is 2.74. The maximum atomic E-state index is 9.29. The lowest BCUT2D eigenvalue weighted by Crippen LogP contribution is -2.37. The van der Waals surface area contributed by atoms with Gasteiger partial charge in [0.1, 0.15) is 0 Å². The number of nitrogens with zero attached hydrogens (tertiary/aromatic N) is 2. The molecule has 1 fully saturated rings. The van der Waals surface area contributed by atoms with E-state index in [0.717, 1.165) is 24.3 Å². The van der Waals surface area contributed by atoms with Gasteiger partial charge in [0.25, 0.3) is 0 Å². The second-order valence-electron chi connectivity index (χ2n) is 4.21. The minimum absolute atomic E-state index is 0.0458. The van der Waals surface area contributed by atoms with Crippen LogP contribution in [0.2, 0.25) is 0 Å². The maximum absolute atomic E-state index is 9.29. The van der Waals surface area contributed by atoms with Gasteiger partial charge in [-0.15, -0.1) is 0 Å². The van der Waals surface area contributed by atoms with Gasteiger partial charge in [-0.2, -0.15) is 0 Å². The standard InChI is InChI=1S/C12H18N2O2/c1-9-11(4-6-16-9)14(2)12-7-13-5-3-10(12)8-15/h3,5,7,9,11,15H,4,6,8H2,1-2H3. The summed E-state index contributed by atoms with van der Waals surface area (Å²) in [6, 6.07) is 2.22. The normalized spacial score (nSPS) is 24.7. The molecule has 4 heteroatoms. The highest BCUT2D eigenvalue weighted by molar-refractivity contribution is 5.51. The molecule has 2 heterocycles. The summed E-state index contributed by atoms with van der Waals surface area (Å²) in [6.45, 7) is 2.94. The molecule has 2 atom stereocenters. The Hall–Kier alpha value is -1.13. The van der Waals surface area contributed by atoms with Crippen molar-refractivity contribution in [1.29, 1.82) is 0 Å². The number of ether oxygens (including phenoxy) is 1. The third-order valence-corrected chi connectivity index (χ3v) is 3.27.